The molecular weight excluding hydrogens is 377 g/mol. The average molecular weight is 394 g/mol. The monoisotopic (exact) mass is 393 g/mol. The van der Waals surface area contributed by atoms with Crippen LogP contribution in [0.15, 0.2) is 36.4 Å². The molecule has 9 heteroatoms. The first-order valence-electron chi connectivity index (χ1n) is 8.13. The molecule has 0 unspecified atom stereocenters. The van der Waals surface area contributed by atoms with E-state index in [4.69, 9.17) is 23.2 Å². The first-order valence-corrected chi connectivity index (χ1v) is 8.89. The summed E-state index contributed by atoms with van der Waals surface area (Å²) in [6, 6.07) is 10.1. The molecule has 1 aromatic heterocycles. The number of carbonyl (C=O) groups excluding carboxylic acids is 2. The smallest absolute Gasteiger partial charge is 0.271 e. The molecule has 0 bridgehead atoms. The fraction of sp³-hybridized carbons (Fsp3) is 0.294. The highest BCUT2D eigenvalue weighted by atomic mass is 35.5. The van der Waals surface area contributed by atoms with Gasteiger partial charge in [-0.3, -0.25) is 20.4 Å². The summed E-state index contributed by atoms with van der Waals surface area (Å²) < 4.78 is 0. The zero-order valence-electron chi connectivity index (χ0n) is 13.8. The van der Waals surface area contributed by atoms with Crippen molar-refractivity contribution in [1.82, 2.24) is 21.0 Å². The van der Waals surface area contributed by atoms with Crippen LogP contribution in [0.3, 0.4) is 0 Å². The molecule has 1 aliphatic rings. The Hall–Kier alpha value is -2.38. The Morgan fingerprint density at radius 1 is 1.00 bits per heavy atom. The number of hydrazine groups is 1. The molecule has 0 radical (unpaired) electrons. The Labute approximate surface area is 160 Å². The minimum absolute atomic E-state index is 0.182. The number of benzene rings is 1. The van der Waals surface area contributed by atoms with Crippen molar-refractivity contribution in [1.29, 1.82) is 0 Å². The van der Waals surface area contributed by atoms with Crippen LogP contribution in [0, 0.1) is 5.92 Å². The Morgan fingerprint density at radius 2 is 1.73 bits per heavy atom. The lowest BCUT2D eigenvalue weighted by Crippen LogP contribution is -2.47. The number of rotatable bonds is 3. The van der Waals surface area contributed by atoms with E-state index < -0.39 is 5.91 Å². The minimum atomic E-state index is -0.446. The van der Waals surface area contributed by atoms with Gasteiger partial charge in [-0.2, -0.15) is 0 Å². The third-order valence-corrected chi connectivity index (χ3v) is 4.76. The van der Waals surface area contributed by atoms with Gasteiger partial charge in [-0.25, -0.2) is 0 Å². The van der Waals surface area contributed by atoms with E-state index in [0.717, 1.165) is 5.82 Å². The largest absolute Gasteiger partial charge is 0.355 e. The first kappa shape index (κ1) is 18.4. The van der Waals surface area contributed by atoms with Crippen LogP contribution >= 0.6 is 23.2 Å². The molecule has 2 amide bonds. The maximum atomic E-state index is 12.3. The molecule has 1 fully saturated rings. The number of nitrogens with zero attached hydrogens (tertiary/aromatic N) is 3. The SMILES string of the molecule is O=C(NNC(=O)C1CCN(c2ccc(Cl)nn2)CC1)c1ccccc1Cl. The summed E-state index contributed by atoms with van der Waals surface area (Å²) in [6.45, 7) is 1.35. The molecule has 136 valence electrons. The number of hydrogen-bond donors (Lipinski definition) is 2. The van der Waals surface area contributed by atoms with Crippen LogP contribution in [0.1, 0.15) is 23.2 Å². The van der Waals surface area contributed by atoms with Crippen molar-refractivity contribution in [2.24, 2.45) is 5.92 Å². The second-order valence-electron chi connectivity index (χ2n) is 5.90. The summed E-state index contributed by atoms with van der Waals surface area (Å²) in [5.41, 5.74) is 5.20. The maximum Gasteiger partial charge on any atom is 0.271 e. The lowest BCUT2D eigenvalue weighted by Gasteiger charge is -2.31. The van der Waals surface area contributed by atoms with Gasteiger partial charge in [0.2, 0.25) is 5.91 Å². The molecular formula is C17H17Cl2N5O2. The fourth-order valence-corrected chi connectivity index (χ4v) is 3.10. The number of hydrogen-bond acceptors (Lipinski definition) is 5. The molecule has 0 atom stereocenters. The maximum absolute atomic E-state index is 12.3. The average Bonchev–Trinajstić information content (AvgIpc) is 2.67. The van der Waals surface area contributed by atoms with Gasteiger partial charge in [0.1, 0.15) is 0 Å². The molecule has 0 spiro atoms. The third kappa shape index (κ3) is 4.42. The summed E-state index contributed by atoms with van der Waals surface area (Å²) in [6.07, 6.45) is 1.30. The van der Waals surface area contributed by atoms with Crippen LogP contribution in [0.5, 0.6) is 0 Å². The Balaban J connectivity index is 1.48. The predicted octanol–water partition coefficient (Wildman–Crippen LogP) is 2.46. The van der Waals surface area contributed by atoms with Gasteiger partial charge in [-0.05, 0) is 37.1 Å². The highest BCUT2D eigenvalue weighted by molar-refractivity contribution is 6.33. The van der Waals surface area contributed by atoms with Crippen molar-refractivity contribution >= 4 is 40.8 Å². The van der Waals surface area contributed by atoms with E-state index in [0.29, 0.717) is 41.7 Å². The molecule has 2 N–H and O–H groups in total. The van der Waals surface area contributed by atoms with E-state index in [1.54, 1.807) is 36.4 Å². The van der Waals surface area contributed by atoms with E-state index in [2.05, 4.69) is 25.9 Å². The highest BCUT2D eigenvalue weighted by Gasteiger charge is 2.26. The van der Waals surface area contributed by atoms with Crippen LogP contribution < -0.4 is 15.8 Å². The summed E-state index contributed by atoms with van der Waals surface area (Å²) >= 11 is 11.7. The Kier molecular flexibility index (Phi) is 5.90. The van der Waals surface area contributed by atoms with Gasteiger partial charge in [-0.1, -0.05) is 35.3 Å². The van der Waals surface area contributed by atoms with Crippen LogP contribution in [-0.4, -0.2) is 35.1 Å². The van der Waals surface area contributed by atoms with Crippen molar-refractivity contribution in [2.45, 2.75) is 12.8 Å². The highest BCUT2D eigenvalue weighted by Crippen LogP contribution is 2.22. The lowest BCUT2D eigenvalue weighted by molar-refractivity contribution is -0.126. The molecule has 1 saturated heterocycles. The van der Waals surface area contributed by atoms with E-state index >= 15 is 0 Å². The van der Waals surface area contributed by atoms with E-state index in [-0.39, 0.29) is 11.8 Å². The van der Waals surface area contributed by atoms with Gasteiger partial charge in [0.25, 0.3) is 5.91 Å². The van der Waals surface area contributed by atoms with E-state index in [1.807, 2.05) is 0 Å². The number of halogens is 2. The molecule has 1 aliphatic heterocycles. The summed E-state index contributed by atoms with van der Waals surface area (Å²) in [5.74, 6) is -0.108. The molecule has 2 heterocycles. The standard InChI is InChI=1S/C17H17Cl2N5O2/c18-13-4-2-1-3-12(13)17(26)23-22-16(25)11-7-9-24(10-8-11)15-6-5-14(19)20-21-15/h1-6,11H,7-10H2,(H,22,25)(H,23,26). The van der Waals surface area contributed by atoms with Crippen molar-refractivity contribution in [3.8, 4) is 0 Å². The van der Waals surface area contributed by atoms with Gasteiger partial charge in [-0.15, -0.1) is 10.2 Å². The second kappa shape index (κ2) is 8.33. The first-order chi connectivity index (χ1) is 12.5. The van der Waals surface area contributed by atoms with Crippen molar-refractivity contribution in [2.75, 3.05) is 18.0 Å². The third-order valence-electron chi connectivity index (χ3n) is 4.23. The molecule has 0 saturated carbocycles. The normalized spacial score (nSPS) is 14.8. The molecule has 0 aliphatic carbocycles. The van der Waals surface area contributed by atoms with Crippen molar-refractivity contribution < 1.29 is 9.59 Å². The molecule has 26 heavy (non-hydrogen) atoms. The summed E-state index contributed by atoms with van der Waals surface area (Å²) in [4.78, 5) is 26.4. The minimum Gasteiger partial charge on any atom is -0.355 e. The van der Waals surface area contributed by atoms with E-state index in [9.17, 15) is 9.59 Å². The molecule has 3 rings (SSSR count). The molecule has 7 nitrogen and oxygen atoms in total. The topological polar surface area (TPSA) is 87.2 Å². The zero-order valence-corrected chi connectivity index (χ0v) is 15.3. The van der Waals surface area contributed by atoms with Gasteiger partial charge in [0, 0.05) is 19.0 Å². The quantitative estimate of drug-likeness (QED) is 0.781. The summed E-state index contributed by atoms with van der Waals surface area (Å²) in [5, 5.41) is 8.55. The number of carbonyl (C=O) groups is 2. The summed E-state index contributed by atoms with van der Waals surface area (Å²) in [7, 11) is 0. The van der Waals surface area contributed by atoms with Gasteiger partial charge >= 0.3 is 0 Å². The zero-order chi connectivity index (χ0) is 18.5. The van der Waals surface area contributed by atoms with Crippen molar-refractivity contribution in [3.63, 3.8) is 0 Å². The van der Waals surface area contributed by atoms with Crippen LogP contribution in [0.25, 0.3) is 0 Å². The predicted molar refractivity (Wildman–Crippen MR) is 99.0 cm³/mol. The Bertz CT molecular complexity index is 792. The van der Waals surface area contributed by atoms with Crippen molar-refractivity contribution in [3.05, 3.63) is 52.1 Å². The van der Waals surface area contributed by atoms with Gasteiger partial charge in [0.15, 0.2) is 11.0 Å². The number of piperidine rings is 1. The van der Waals surface area contributed by atoms with Gasteiger partial charge < -0.3 is 4.90 Å². The van der Waals surface area contributed by atoms with E-state index in [1.165, 1.54) is 0 Å². The fourth-order valence-electron chi connectivity index (χ4n) is 2.78. The second-order valence-corrected chi connectivity index (χ2v) is 6.69. The van der Waals surface area contributed by atoms with Crippen LogP contribution in [0.4, 0.5) is 5.82 Å². The lowest BCUT2D eigenvalue weighted by atomic mass is 9.96. The molecule has 1 aromatic carbocycles. The van der Waals surface area contributed by atoms with Crippen LogP contribution in [-0.2, 0) is 4.79 Å². The number of nitrogens with one attached hydrogen (secondary N) is 2. The van der Waals surface area contributed by atoms with Gasteiger partial charge in [0.05, 0.1) is 10.6 Å². The van der Waals surface area contributed by atoms with Crippen LogP contribution in [0.2, 0.25) is 10.2 Å². The number of amides is 2. The Morgan fingerprint density at radius 3 is 2.38 bits per heavy atom. The number of anilines is 1. The molecule has 2 aromatic rings. The number of aromatic nitrogens is 2.